The molecule has 2 heterocycles. The molecule has 0 aliphatic heterocycles. The summed E-state index contributed by atoms with van der Waals surface area (Å²) in [7, 11) is 0. The van der Waals surface area contributed by atoms with Gasteiger partial charge < -0.3 is 4.52 Å². The van der Waals surface area contributed by atoms with Crippen LogP contribution in [0.1, 0.15) is 36.8 Å². The Balaban J connectivity index is 2.13. The lowest BCUT2D eigenvalue weighted by atomic mass is 9.92. The van der Waals surface area contributed by atoms with Gasteiger partial charge in [-0.2, -0.15) is 0 Å². The normalized spacial score (nSPS) is 11.4. The molecule has 1 N–H and O–H groups in total. The maximum atomic E-state index is 11.9. The third-order valence-corrected chi connectivity index (χ3v) is 2.71. The Hall–Kier alpha value is -1.88. The second-order valence-corrected chi connectivity index (χ2v) is 5.54. The number of aromatic nitrogens is 2. The van der Waals surface area contributed by atoms with Gasteiger partial charge in [-0.25, -0.2) is 4.98 Å². The number of carbonyl (C=O) groups is 1. The maximum Gasteiger partial charge on any atom is 0.258 e. The Morgan fingerprint density at radius 2 is 2.11 bits per heavy atom. The SMILES string of the molecule is CC(C)(C)c1cc(NC(=O)c2ccnc(Cl)c2)on1. The number of hydrogen-bond acceptors (Lipinski definition) is 4. The molecule has 0 spiro atoms. The summed E-state index contributed by atoms with van der Waals surface area (Å²) in [4.78, 5) is 15.8. The molecular weight excluding hydrogens is 266 g/mol. The van der Waals surface area contributed by atoms with Gasteiger partial charge >= 0.3 is 0 Å². The van der Waals surface area contributed by atoms with Crippen molar-refractivity contribution in [2.24, 2.45) is 0 Å². The topological polar surface area (TPSA) is 68.0 Å². The minimum absolute atomic E-state index is 0.132. The van der Waals surface area contributed by atoms with Crippen LogP contribution in [0.2, 0.25) is 5.15 Å². The summed E-state index contributed by atoms with van der Waals surface area (Å²) in [5.74, 6) is -0.0104. The van der Waals surface area contributed by atoms with Gasteiger partial charge in [-0.1, -0.05) is 37.5 Å². The number of anilines is 1. The van der Waals surface area contributed by atoms with Gasteiger partial charge in [-0.15, -0.1) is 0 Å². The van der Waals surface area contributed by atoms with Crippen LogP contribution in [-0.2, 0) is 5.41 Å². The highest BCUT2D eigenvalue weighted by Crippen LogP contribution is 2.23. The van der Waals surface area contributed by atoms with Crippen molar-refractivity contribution in [1.82, 2.24) is 10.1 Å². The zero-order valence-corrected chi connectivity index (χ0v) is 11.7. The molecule has 0 aromatic carbocycles. The van der Waals surface area contributed by atoms with Crippen LogP contribution in [0.3, 0.4) is 0 Å². The van der Waals surface area contributed by atoms with Crippen LogP contribution in [0.4, 0.5) is 5.88 Å². The minimum atomic E-state index is -0.319. The third-order valence-electron chi connectivity index (χ3n) is 2.50. The van der Waals surface area contributed by atoms with Gasteiger partial charge in [0.15, 0.2) is 0 Å². The van der Waals surface area contributed by atoms with E-state index in [4.69, 9.17) is 16.1 Å². The first-order chi connectivity index (χ1) is 8.86. The molecule has 2 rings (SSSR count). The van der Waals surface area contributed by atoms with E-state index in [2.05, 4.69) is 15.5 Å². The number of amides is 1. The van der Waals surface area contributed by atoms with Gasteiger partial charge in [0.25, 0.3) is 5.91 Å². The van der Waals surface area contributed by atoms with E-state index >= 15 is 0 Å². The van der Waals surface area contributed by atoms with Crippen LogP contribution in [0.15, 0.2) is 28.9 Å². The fourth-order valence-electron chi connectivity index (χ4n) is 1.42. The molecule has 0 saturated carbocycles. The van der Waals surface area contributed by atoms with Crippen LogP contribution < -0.4 is 5.32 Å². The summed E-state index contributed by atoms with van der Waals surface area (Å²) in [6, 6.07) is 4.76. The average Bonchev–Trinajstić information content (AvgIpc) is 2.77. The van der Waals surface area contributed by atoms with E-state index in [-0.39, 0.29) is 16.5 Å². The predicted octanol–water partition coefficient (Wildman–Crippen LogP) is 3.27. The van der Waals surface area contributed by atoms with E-state index in [0.29, 0.717) is 11.4 Å². The van der Waals surface area contributed by atoms with Crippen molar-refractivity contribution in [1.29, 1.82) is 0 Å². The van der Waals surface area contributed by atoms with Crippen LogP contribution in [0.25, 0.3) is 0 Å². The highest BCUT2D eigenvalue weighted by Gasteiger charge is 2.20. The highest BCUT2D eigenvalue weighted by molar-refractivity contribution is 6.29. The number of nitrogens with one attached hydrogen (secondary N) is 1. The largest absolute Gasteiger partial charge is 0.338 e. The van der Waals surface area contributed by atoms with Crippen molar-refractivity contribution in [3.8, 4) is 0 Å². The molecule has 0 aliphatic rings. The molecule has 6 heteroatoms. The summed E-state index contributed by atoms with van der Waals surface area (Å²) in [6.07, 6.45) is 1.47. The van der Waals surface area contributed by atoms with Gasteiger partial charge in [0.05, 0.1) is 5.69 Å². The molecule has 0 fully saturated rings. The lowest BCUT2D eigenvalue weighted by molar-refractivity contribution is 0.102. The van der Waals surface area contributed by atoms with Crippen molar-refractivity contribution >= 4 is 23.4 Å². The van der Waals surface area contributed by atoms with Crippen LogP contribution in [0.5, 0.6) is 0 Å². The molecule has 0 radical (unpaired) electrons. The summed E-state index contributed by atoms with van der Waals surface area (Å²) in [6.45, 7) is 6.04. The molecule has 1 amide bonds. The Kier molecular flexibility index (Phi) is 3.57. The van der Waals surface area contributed by atoms with Gasteiger partial charge in [0, 0.05) is 23.2 Å². The van der Waals surface area contributed by atoms with Gasteiger partial charge in [-0.05, 0) is 12.1 Å². The first kappa shape index (κ1) is 13.5. The standard InChI is InChI=1S/C13H14ClN3O2/c1-13(2,3)9-7-11(19-17-9)16-12(18)8-4-5-15-10(14)6-8/h4-7H,1-3H3,(H,16,18). The predicted molar refractivity (Wildman–Crippen MR) is 72.4 cm³/mol. The van der Waals surface area contributed by atoms with E-state index < -0.39 is 0 Å². The lowest BCUT2D eigenvalue weighted by Crippen LogP contribution is -2.12. The van der Waals surface area contributed by atoms with Crippen molar-refractivity contribution in [3.63, 3.8) is 0 Å². The molecule has 19 heavy (non-hydrogen) atoms. The minimum Gasteiger partial charge on any atom is -0.338 e. The third kappa shape index (κ3) is 3.32. The van der Waals surface area contributed by atoms with E-state index in [1.807, 2.05) is 20.8 Å². The van der Waals surface area contributed by atoms with E-state index in [0.717, 1.165) is 5.69 Å². The lowest BCUT2D eigenvalue weighted by Gasteiger charge is -2.12. The zero-order chi connectivity index (χ0) is 14.0. The second-order valence-electron chi connectivity index (χ2n) is 5.15. The zero-order valence-electron chi connectivity index (χ0n) is 10.9. The van der Waals surface area contributed by atoms with Gasteiger partial charge in [0.2, 0.25) is 5.88 Å². The van der Waals surface area contributed by atoms with Crippen molar-refractivity contribution in [2.75, 3.05) is 5.32 Å². The second kappa shape index (κ2) is 5.01. The number of rotatable bonds is 2. The summed E-state index contributed by atoms with van der Waals surface area (Å²) < 4.78 is 5.08. The van der Waals surface area contributed by atoms with Crippen molar-refractivity contribution < 1.29 is 9.32 Å². The molecule has 0 bridgehead atoms. The van der Waals surface area contributed by atoms with Crippen molar-refractivity contribution in [3.05, 3.63) is 40.8 Å². The van der Waals surface area contributed by atoms with Crippen LogP contribution in [0, 0.1) is 0 Å². The summed E-state index contributed by atoms with van der Waals surface area (Å²) in [5.41, 5.74) is 1.05. The molecule has 2 aromatic heterocycles. The highest BCUT2D eigenvalue weighted by atomic mass is 35.5. The van der Waals surface area contributed by atoms with Gasteiger partial charge in [0.1, 0.15) is 5.15 Å². The Bertz CT molecular complexity index is 602. The number of pyridine rings is 1. The van der Waals surface area contributed by atoms with E-state index in [1.165, 1.54) is 12.3 Å². The molecule has 100 valence electrons. The number of nitrogens with zero attached hydrogens (tertiary/aromatic N) is 2. The first-order valence-electron chi connectivity index (χ1n) is 5.76. The monoisotopic (exact) mass is 279 g/mol. The molecule has 5 nitrogen and oxygen atoms in total. The number of carbonyl (C=O) groups excluding carboxylic acids is 1. The molecule has 0 aliphatic carbocycles. The Morgan fingerprint density at radius 1 is 1.37 bits per heavy atom. The van der Waals surface area contributed by atoms with E-state index in [9.17, 15) is 4.79 Å². The maximum absolute atomic E-state index is 11.9. The summed E-state index contributed by atoms with van der Waals surface area (Å²) >= 11 is 5.73. The number of hydrogen-bond donors (Lipinski definition) is 1. The quantitative estimate of drug-likeness (QED) is 0.857. The van der Waals surface area contributed by atoms with Crippen molar-refractivity contribution in [2.45, 2.75) is 26.2 Å². The molecular formula is C13H14ClN3O2. The molecule has 2 aromatic rings. The smallest absolute Gasteiger partial charge is 0.258 e. The van der Waals surface area contributed by atoms with Crippen LogP contribution >= 0.6 is 11.6 Å². The Labute approximate surface area is 116 Å². The molecule has 0 saturated heterocycles. The molecule has 0 unspecified atom stereocenters. The van der Waals surface area contributed by atoms with E-state index in [1.54, 1.807) is 12.1 Å². The Morgan fingerprint density at radius 3 is 2.68 bits per heavy atom. The fourth-order valence-corrected chi connectivity index (χ4v) is 1.59. The number of halogens is 1. The van der Waals surface area contributed by atoms with Gasteiger partial charge in [-0.3, -0.25) is 10.1 Å². The first-order valence-corrected chi connectivity index (χ1v) is 6.14. The van der Waals surface area contributed by atoms with Crippen LogP contribution in [-0.4, -0.2) is 16.0 Å². The summed E-state index contributed by atoms with van der Waals surface area (Å²) in [5, 5.41) is 6.81. The fraction of sp³-hybridized carbons (Fsp3) is 0.308. The molecule has 0 atom stereocenters. The average molecular weight is 280 g/mol.